The molecule has 3 aromatic heterocycles. The number of aromatic amines is 1. The minimum absolute atomic E-state index is 0.170. The summed E-state index contributed by atoms with van der Waals surface area (Å²) in [6.07, 6.45) is 7.34. The summed E-state index contributed by atoms with van der Waals surface area (Å²) in [6, 6.07) is 5.68. The summed E-state index contributed by atoms with van der Waals surface area (Å²) < 4.78 is 0. The molecule has 0 radical (unpaired) electrons. The first-order valence-electron chi connectivity index (χ1n) is 7.66. The highest BCUT2D eigenvalue weighted by molar-refractivity contribution is 5.97. The van der Waals surface area contributed by atoms with E-state index in [9.17, 15) is 4.79 Å². The maximum atomic E-state index is 12.3. The van der Waals surface area contributed by atoms with Gasteiger partial charge in [0.15, 0.2) is 0 Å². The topological polar surface area (TPSA) is 96.7 Å². The van der Waals surface area contributed by atoms with Crippen molar-refractivity contribution in [1.82, 2.24) is 20.3 Å². The molecule has 1 fully saturated rings. The molecule has 23 heavy (non-hydrogen) atoms. The Kier molecular flexibility index (Phi) is 3.22. The first-order chi connectivity index (χ1) is 11.2. The van der Waals surface area contributed by atoms with Crippen LogP contribution in [0.3, 0.4) is 0 Å². The van der Waals surface area contributed by atoms with Crippen molar-refractivity contribution in [3.8, 4) is 0 Å². The molecule has 0 unspecified atom stereocenters. The molecule has 0 aromatic carbocycles. The number of hydrogen-bond donors (Lipinski definition) is 3. The van der Waals surface area contributed by atoms with Crippen LogP contribution in [0.4, 0.5) is 5.69 Å². The van der Waals surface area contributed by atoms with Crippen molar-refractivity contribution in [2.75, 3.05) is 5.73 Å². The van der Waals surface area contributed by atoms with Crippen LogP contribution < -0.4 is 11.1 Å². The third-order valence-corrected chi connectivity index (χ3v) is 4.15. The minimum atomic E-state index is -0.170. The summed E-state index contributed by atoms with van der Waals surface area (Å²) in [6.45, 7) is 0.344. The molecule has 0 aliphatic heterocycles. The van der Waals surface area contributed by atoms with Crippen molar-refractivity contribution in [3.05, 3.63) is 53.6 Å². The summed E-state index contributed by atoms with van der Waals surface area (Å²) in [5, 5.41) is 3.83. The molecule has 0 bridgehead atoms. The molecule has 1 saturated carbocycles. The Balaban J connectivity index is 1.51. The molecular weight excluding hydrogens is 290 g/mol. The molecule has 0 spiro atoms. The van der Waals surface area contributed by atoms with Crippen LogP contribution in [0.15, 0.2) is 36.8 Å². The fraction of sp³-hybridized carbons (Fsp3) is 0.235. The van der Waals surface area contributed by atoms with Gasteiger partial charge in [-0.3, -0.25) is 9.78 Å². The highest BCUT2D eigenvalue weighted by Gasteiger charge is 2.25. The number of carbonyl (C=O) groups is 1. The zero-order chi connectivity index (χ0) is 15.8. The molecule has 116 valence electrons. The van der Waals surface area contributed by atoms with E-state index in [-0.39, 0.29) is 5.91 Å². The summed E-state index contributed by atoms with van der Waals surface area (Å²) in [4.78, 5) is 24.0. The van der Waals surface area contributed by atoms with Crippen molar-refractivity contribution in [2.24, 2.45) is 0 Å². The normalized spacial score (nSPS) is 14.1. The fourth-order valence-electron chi connectivity index (χ4n) is 2.64. The summed E-state index contributed by atoms with van der Waals surface area (Å²) in [5.41, 5.74) is 9.86. The van der Waals surface area contributed by atoms with E-state index in [2.05, 4.69) is 26.3 Å². The van der Waals surface area contributed by atoms with Gasteiger partial charge in [-0.25, -0.2) is 4.98 Å². The highest BCUT2D eigenvalue weighted by atomic mass is 16.1. The van der Waals surface area contributed by atoms with Crippen molar-refractivity contribution in [1.29, 1.82) is 0 Å². The van der Waals surface area contributed by atoms with Crippen molar-refractivity contribution >= 4 is 22.6 Å². The largest absolute Gasteiger partial charge is 0.398 e. The summed E-state index contributed by atoms with van der Waals surface area (Å²) in [5.74, 6) is 0.465. The minimum Gasteiger partial charge on any atom is -0.398 e. The van der Waals surface area contributed by atoms with E-state index < -0.39 is 0 Å². The second kappa shape index (κ2) is 5.39. The first-order valence-corrected chi connectivity index (χ1v) is 7.66. The van der Waals surface area contributed by atoms with Gasteiger partial charge in [0.05, 0.1) is 5.56 Å². The number of nitrogens with zero attached hydrogens (tertiary/aromatic N) is 2. The number of fused-ring (bicyclic) bond motifs is 1. The zero-order valence-electron chi connectivity index (χ0n) is 12.5. The number of nitrogens with two attached hydrogens (primary N) is 1. The molecule has 3 heterocycles. The Hall–Kier alpha value is -2.89. The van der Waals surface area contributed by atoms with Crippen LogP contribution in [-0.2, 0) is 6.54 Å². The van der Waals surface area contributed by atoms with Crippen molar-refractivity contribution < 1.29 is 4.79 Å². The number of nitrogen functional groups attached to an aromatic ring is 1. The lowest BCUT2D eigenvalue weighted by atomic mass is 10.2. The summed E-state index contributed by atoms with van der Waals surface area (Å²) in [7, 11) is 0. The predicted molar refractivity (Wildman–Crippen MR) is 87.9 cm³/mol. The second-order valence-electron chi connectivity index (χ2n) is 5.92. The monoisotopic (exact) mass is 307 g/mol. The fourth-order valence-corrected chi connectivity index (χ4v) is 2.64. The lowest BCUT2D eigenvalue weighted by Crippen LogP contribution is -2.23. The third kappa shape index (κ3) is 2.75. The van der Waals surface area contributed by atoms with E-state index in [1.54, 1.807) is 24.7 Å². The van der Waals surface area contributed by atoms with Crippen molar-refractivity contribution in [2.45, 2.75) is 25.3 Å². The van der Waals surface area contributed by atoms with Crippen LogP contribution in [0.1, 0.15) is 40.4 Å². The van der Waals surface area contributed by atoms with Crippen LogP contribution in [0, 0.1) is 0 Å². The van der Waals surface area contributed by atoms with Gasteiger partial charge in [0.1, 0.15) is 5.65 Å². The zero-order valence-corrected chi connectivity index (χ0v) is 12.5. The molecule has 0 atom stereocenters. The molecule has 4 rings (SSSR count). The molecule has 1 aliphatic carbocycles. The van der Waals surface area contributed by atoms with E-state index in [0.717, 1.165) is 16.6 Å². The molecule has 4 N–H and O–H groups in total. The smallest absolute Gasteiger partial charge is 0.253 e. The predicted octanol–water partition coefficient (Wildman–Crippen LogP) is 2.35. The Labute approximate surface area is 133 Å². The van der Waals surface area contributed by atoms with Gasteiger partial charge in [-0.2, -0.15) is 0 Å². The molecule has 1 aliphatic rings. The quantitative estimate of drug-likeness (QED) is 0.689. The van der Waals surface area contributed by atoms with Gasteiger partial charge in [0.2, 0.25) is 0 Å². The van der Waals surface area contributed by atoms with E-state index >= 15 is 0 Å². The second-order valence-corrected chi connectivity index (χ2v) is 5.92. The number of pyridine rings is 2. The third-order valence-electron chi connectivity index (χ3n) is 4.15. The summed E-state index contributed by atoms with van der Waals surface area (Å²) >= 11 is 0. The van der Waals surface area contributed by atoms with Crippen LogP contribution in [0.5, 0.6) is 0 Å². The standard InChI is InChI=1S/C17H17N5O/c18-14-3-4-19-7-13(14)9-21-17(23)12-5-11-6-15(10-1-2-10)22-16(11)20-8-12/h3-8,10H,1-2,9H2,(H2,18,19)(H,20,22)(H,21,23). The number of nitrogens with one attached hydrogen (secondary N) is 2. The average Bonchev–Trinajstić information content (AvgIpc) is 3.32. The molecule has 6 heteroatoms. The van der Waals surface area contributed by atoms with Gasteiger partial charge in [-0.15, -0.1) is 0 Å². The lowest BCUT2D eigenvalue weighted by molar-refractivity contribution is 0.0951. The number of carbonyl (C=O) groups excluding carboxylic acids is 1. The Morgan fingerprint density at radius 1 is 1.35 bits per heavy atom. The van der Waals surface area contributed by atoms with Gasteiger partial charge in [0.25, 0.3) is 5.91 Å². The molecule has 6 nitrogen and oxygen atoms in total. The number of anilines is 1. The van der Waals surface area contributed by atoms with Gasteiger partial charge < -0.3 is 16.0 Å². The van der Waals surface area contributed by atoms with E-state index in [0.29, 0.717) is 23.7 Å². The number of amides is 1. The molecule has 0 saturated heterocycles. The number of aromatic nitrogens is 3. The van der Waals surface area contributed by atoms with Crippen LogP contribution in [0.25, 0.3) is 11.0 Å². The molecule has 1 amide bonds. The van der Waals surface area contributed by atoms with Gasteiger partial charge in [0, 0.05) is 47.5 Å². The van der Waals surface area contributed by atoms with Gasteiger partial charge >= 0.3 is 0 Å². The maximum absolute atomic E-state index is 12.3. The van der Waals surface area contributed by atoms with Crippen LogP contribution >= 0.6 is 0 Å². The Morgan fingerprint density at radius 3 is 3.00 bits per heavy atom. The van der Waals surface area contributed by atoms with Gasteiger partial charge in [-0.05, 0) is 37.0 Å². The van der Waals surface area contributed by atoms with Crippen LogP contribution in [-0.4, -0.2) is 20.9 Å². The molecule has 3 aromatic rings. The number of hydrogen-bond acceptors (Lipinski definition) is 4. The Morgan fingerprint density at radius 2 is 2.22 bits per heavy atom. The molecular formula is C17H17N5O. The number of rotatable bonds is 4. The van der Waals surface area contributed by atoms with E-state index in [1.165, 1.54) is 18.5 Å². The first kappa shape index (κ1) is 13.8. The average molecular weight is 307 g/mol. The van der Waals surface area contributed by atoms with Gasteiger partial charge in [-0.1, -0.05) is 0 Å². The SMILES string of the molecule is Nc1ccncc1CNC(=O)c1cnc2[nH]c(C3CC3)cc2c1. The van der Waals surface area contributed by atoms with E-state index in [4.69, 9.17) is 5.73 Å². The van der Waals surface area contributed by atoms with Crippen LogP contribution in [0.2, 0.25) is 0 Å². The number of H-pyrrole nitrogens is 1. The van der Waals surface area contributed by atoms with E-state index in [1.807, 2.05) is 6.07 Å². The highest BCUT2D eigenvalue weighted by Crippen LogP contribution is 2.40. The Bertz CT molecular complexity index is 882. The lowest BCUT2D eigenvalue weighted by Gasteiger charge is -2.07. The maximum Gasteiger partial charge on any atom is 0.253 e. The van der Waals surface area contributed by atoms with Crippen molar-refractivity contribution in [3.63, 3.8) is 0 Å².